The second-order valence-corrected chi connectivity index (χ2v) is 12.9. The number of halogens is 2. The number of hydrogen-bond donors (Lipinski definition) is 1. The zero-order chi connectivity index (χ0) is 31.0. The molecule has 2 aliphatic heterocycles. The van der Waals surface area contributed by atoms with Crippen LogP contribution in [0.25, 0.3) is 0 Å². The van der Waals surface area contributed by atoms with Crippen molar-refractivity contribution in [1.82, 2.24) is 9.80 Å². The molecule has 3 aromatic rings. The molecule has 1 aliphatic carbocycles. The van der Waals surface area contributed by atoms with Crippen LogP contribution in [0.4, 0.5) is 20.2 Å². The molecule has 0 spiro atoms. The molecule has 0 aromatic heterocycles. The Bertz CT molecular complexity index is 1510. The fourth-order valence-corrected chi connectivity index (χ4v) is 7.15. The van der Waals surface area contributed by atoms with Gasteiger partial charge in [-0.3, -0.25) is 14.5 Å². The highest BCUT2D eigenvalue weighted by Gasteiger charge is 2.41. The predicted octanol–water partition coefficient (Wildman–Crippen LogP) is 6.55. The summed E-state index contributed by atoms with van der Waals surface area (Å²) in [5.41, 5.74) is 5.34. The molecule has 230 valence electrons. The molecule has 0 radical (unpaired) electrons. The SMILES string of the molecule is CCC1C2=C(CC(C)(C)CC2=O)Nc2ccccc2N1CC(=O)N1CCN(C(c2ccc(F)cc2)c2ccc(F)cc2)CC1. The topological polar surface area (TPSA) is 55.9 Å². The maximum atomic E-state index is 13.9. The number of Topliss-reactive ketones (excluding diaryl/α,β-unsaturated/α-hetero) is 1. The van der Waals surface area contributed by atoms with Crippen LogP contribution in [-0.4, -0.2) is 60.3 Å². The van der Waals surface area contributed by atoms with Gasteiger partial charge in [-0.05, 0) is 65.8 Å². The molecule has 2 heterocycles. The number of nitrogens with zero attached hydrogens (tertiary/aromatic N) is 3. The molecule has 3 aromatic carbocycles. The first-order chi connectivity index (χ1) is 21.1. The molecule has 1 N–H and O–H groups in total. The lowest BCUT2D eigenvalue weighted by molar-refractivity contribution is -0.131. The smallest absolute Gasteiger partial charge is 0.242 e. The lowest BCUT2D eigenvalue weighted by Gasteiger charge is -2.41. The van der Waals surface area contributed by atoms with Crippen LogP contribution in [0.1, 0.15) is 57.2 Å². The number of carbonyl (C=O) groups excluding carboxylic acids is 2. The Balaban J connectivity index is 1.22. The van der Waals surface area contributed by atoms with Crippen LogP contribution in [0.3, 0.4) is 0 Å². The molecule has 8 heteroatoms. The molecule has 1 atom stereocenters. The molecular formula is C36H40F2N4O2. The van der Waals surface area contributed by atoms with Crippen LogP contribution >= 0.6 is 0 Å². The molecule has 1 amide bonds. The van der Waals surface area contributed by atoms with Crippen molar-refractivity contribution in [2.75, 3.05) is 42.9 Å². The fraction of sp³-hybridized carbons (Fsp3) is 0.389. The van der Waals surface area contributed by atoms with Gasteiger partial charge in [0.1, 0.15) is 11.6 Å². The van der Waals surface area contributed by atoms with Crippen LogP contribution in [0.5, 0.6) is 0 Å². The lowest BCUT2D eigenvalue weighted by Crippen LogP contribution is -2.53. The number of allylic oxidation sites excluding steroid dienone is 1. The number of ketones is 1. The molecular weight excluding hydrogens is 558 g/mol. The number of carbonyl (C=O) groups is 2. The monoisotopic (exact) mass is 598 g/mol. The number of hydrogen-bond acceptors (Lipinski definition) is 5. The second-order valence-electron chi connectivity index (χ2n) is 12.9. The van der Waals surface area contributed by atoms with Crippen LogP contribution < -0.4 is 10.2 Å². The first kappa shape index (κ1) is 30.0. The van der Waals surface area contributed by atoms with E-state index in [0.29, 0.717) is 39.0 Å². The highest BCUT2D eigenvalue weighted by molar-refractivity contribution is 6.01. The zero-order valence-electron chi connectivity index (χ0n) is 25.7. The van der Waals surface area contributed by atoms with Gasteiger partial charge in [0.05, 0.1) is 30.0 Å². The predicted molar refractivity (Wildman–Crippen MR) is 169 cm³/mol. The third-order valence-electron chi connectivity index (χ3n) is 9.22. The van der Waals surface area contributed by atoms with Gasteiger partial charge in [-0.2, -0.15) is 0 Å². The van der Waals surface area contributed by atoms with E-state index >= 15 is 0 Å². The summed E-state index contributed by atoms with van der Waals surface area (Å²) in [5, 5.41) is 3.59. The Labute approximate surface area is 258 Å². The Morgan fingerprint density at radius 1 is 0.886 bits per heavy atom. The molecule has 1 unspecified atom stereocenters. The summed E-state index contributed by atoms with van der Waals surface area (Å²) < 4.78 is 27.5. The molecule has 0 bridgehead atoms. The van der Waals surface area contributed by atoms with Crippen molar-refractivity contribution in [2.45, 2.75) is 52.1 Å². The minimum absolute atomic E-state index is 0.0191. The van der Waals surface area contributed by atoms with Crippen molar-refractivity contribution in [3.05, 3.63) is 107 Å². The Morgan fingerprint density at radius 3 is 2.07 bits per heavy atom. The van der Waals surface area contributed by atoms with Crippen LogP contribution in [0.15, 0.2) is 84.1 Å². The van der Waals surface area contributed by atoms with Crippen LogP contribution in [-0.2, 0) is 9.59 Å². The molecule has 1 saturated heterocycles. The molecule has 3 aliphatic rings. The number of benzene rings is 3. The van der Waals surface area contributed by atoms with E-state index in [1.807, 2.05) is 29.2 Å². The number of anilines is 2. The summed E-state index contributed by atoms with van der Waals surface area (Å²) in [6, 6.07) is 20.5. The fourth-order valence-electron chi connectivity index (χ4n) is 7.15. The molecule has 6 rings (SSSR count). The van der Waals surface area contributed by atoms with Crippen molar-refractivity contribution in [3.8, 4) is 0 Å². The summed E-state index contributed by atoms with van der Waals surface area (Å²) in [7, 11) is 0. The highest BCUT2D eigenvalue weighted by Crippen LogP contribution is 2.44. The third kappa shape index (κ3) is 6.00. The van der Waals surface area contributed by atoms with Crippen molar-refractivity contribution in [3.63, 3.8) is 0 Å². The number of para-hydroxylation sites is 2. The minimum Gasteiger partial charge on any atom is -0.357 e. The standard InChI is InChI=1S/C36H40F2N4O2/c1-4-30-34-29(21-36(2,3)22-32(34)43)39-28-7-5-6-8-31(28)42(30)23-33(44)40-17-19-41(20-18-40)35(24-9-13-26(37)14-10-24)25-11-15-27(38)16-12-25/h5-16,30,35,39H,4,17-23H2,1-3H3. The maximum absolute atomic E-state index is 13.9. The van der Waals surface area contributed by atoms with E-state index in [-0.39, 0.29) is 47.4 Å². The van der Waals surface area contributed by atoms with Crippen molar-refractivity contribution in [2.24, 2.45) is 5.41 Å². The quantitative estimate of drug-likeness (QED) is 0.349. The third-order valence-corrected chi connectivity index (χ3v) is 9.22. The van der Waals surface area contributed by atoms with Crippen molar-refractivity contribution >= 4 is 23.1 Å². The van der Waals surface area contributed by atoms with Gasteiger partial charge in [0.2, 0.25) is 5.91 Å². The Morgan fingerprint density at radius 2 is 1.48 bits per heavy atom. The van der Waals surface area contributed by atoms with Crippen LogP contribution in [0, 0.1) is 17.0 Å². The van der Waals surface area contributed by atoms with Crippen molar-refractivity contribution in [1.29, 1.82) is 0 Å². The van der Waals surface area contributed by atoms with Gasteiger partial charge in [0.15, 0.2) is 5.78 Å². The molecule has 6 nitrogen and oxygen atoms in total. The number of fused-ring (bicyclic) bond motifs is 1. The van der Waals surface area contributed by atoms with Gasteiger partial charge < -0.3 is 15.1 Å². The van der Waals surface area contributed by atoms with E-state index < -0.39 is 0 Å². The normalized spacial score (nSPS) is 20.2. The van der Waals surface area contributed by atoms with Gasteiger partial charge >= 0.3 is 0 Å². The van der Waals surface area contributed by atoms with E-state index in [9.17, 15) is 18.4 Å². The van der Waals surface area contributed by atoms with Crippen molar-refractivity contribution < 1.29 is 18.4 Å². The maximum Gasteiger partial charge on any atom is 0.242 e. The number of rotatable bonds is 6. The van der Waals surface area contributed by atoms with E-state index in [0.717, 1.165) is 40.2 Å². The Kier molecular flexibility index (Phi) is 8.29. The molecule has 44 heavy (non-hydrogen) atoms. The van der Waals surface area contributed by atoms with E-state index in [2.05, 4.69) is 35.9 Å². The van der Waals surface area contributed by atoms with E-state index in [4.69, 9.17) is 0 Å². The first-order valence-corrected chi connectivity index (χ1v) is 15.6. The van der Waals surface area contributed by atoms with Gasteiger partial charge in [-0.25, -0.2) is 8.78 Å². The molecule has 0 saturated carbocycles. The van der Waals surface area contributed by atoms with Gasteiger partial charge in [-0.15, -0.1) is 0 Å². The minimum atomic E-state index is -0.306. The largest absolute Gasteiger partial charge is 0.357 e. The molecule has 1 fully saturated rings. The average Bonchev–Trinajstić information content (AvgIpc) is 3.13. The van der Waals surface area contributed by atoms with Crippen LogP contribution in [0.2, 0.25) is 0 Å². The van der Waals surface area contributed by atoms with E-state index in [1.54, 1.807) is 24.3 Å². The summed E-state index contributed by atoms with van der Waals surface area (Å²) in [4.78, 5) is 33.8. The lowest BCUT2D eigenvalue weighted by atomic mass is 9.74. The summed E-state index contributed by atoms with van der Waals surface area (Å²) >= 11 is 0. The summed E-state index contributed by atoms with van der Waals surface area (Å²) in [5.74, 6) is -0.439. The zero-order valence-corrected chi connectivity index (χ0v) is 25.7. The summed E-state index contributed by atoms with van der Waals surface area (Å²) in [6.07, 6.45) is 1.98. The number of piperazine rings is 1. The average molecular weight is 599 g/mol. The van der Waals surface area contributed by atoms with Gasteiger partial charge in [0, 0.05) is 43.9 Å². The Hall–Kier alpha value is -4.04. The second kappa shape index (κ2) is 12.2. The van der Waals surface area contributed by atoms with E-state index in [1.165, 1.54) is 24.3 Å². The first-order valence-electron chi connectivity index (χ1n) is 15.6. The highest BCUT2D eigenvalue weighted by atomic mass is 19.1. The van der Waals surface area contributed by atoms with Gasteiger partial charge in [0.25, 0.3) is 0 Å². The summed E-state index contributed by atoms with van der Waals surface area (Å²) in [6.45, 7) is 8.80. The number of nitrogens with one attached hydrogen (secondary N) is 1. The number of amides is 1. The van der Waals surface area contributed by atoms with Gasteiger partial charge in [-0.1, -0.05) is 57.2 Å².